The van der Waals surface area contributed by atoms with Crippen LogP contribution in [0, 0.1) is 0 Å². The zero-order valence-corrected chi connectivity index (χ0v) is 14.6. The Labute approximate surface area is 147 Å². The number of H-pyrrole nitrogens is 1. The molecule has 0 amide bonds. The van der Waals surface area contributed by atoms with E-state index in [0.717, 1.165) is 19.3 Å². The monoisotopic (exact) mass is 358 g/mol. The lowest BCUT2D eigenvalue weighted by molar-refractivity contribution is -0.114. The average molecular weight is 358 g/mol. The Morgan fingerprint density at radius 2 is 2.12 bits per heavy atom. The lowest BCUT2D eigenvalue weighted by Crippen LogP contribution is -2.40. The summed E-state index contributed by atoms with van der Waals surface area (Å²) in [4.78, 5) is 34.4. The highest BCUT2D eigenvalue weighted by Gasteiger charge is 2.36. The fraction of sp³-hybridized carbons (Fsp3) is 0.353. The number of nitrogens with two attached hydrogens (primary N) is 1. The molecule has 7 nitrogen and oxygen atoms in total. The van der Waals surface area contributed by atoms with Crippen molar-refractivity contribution in [1.29, 1.82) is 0 Å². The van der Waals surface area contributed by atoms with Crippen LogP contribution in [0.1, 0.15) is 25.1 Å². The number of fused-ring (bicyclic) bond motifs is 1. The Hall–Kier alpha value is -2.32. The number of nitrogens with zero attached hydrogens (tertiary/aromatic N) is 2. The third kappa shape index (κ3) is 2.61. The van der Waals surface area contributed by atoms with E-state index < -0.39 is 11.2 Å². The molecule has 1 aliphatic carbocycles. The predicted molar refractivity (Wildman–Crippen MR) is 95.2 cm³/mol. The molecule has 1 aliphatic heterocycles. The summed E-state index contributed by atoms with van der Waals surface area (Å²) in [5.41, 5.74) is 6.53. The molecule has 2 aliphatic rings. The van der Waals surface area contributed by atoms with Crippen molar-refractivity contribution in [2.45, 2.75) is 30.2 Å². The van der Waals surface area contributed by atoms with Gasteiger partial charge in [0.25, 0.3) is 5.56 Å². The SMILES string of the molecule is C[S+]([O-])c1ccc2c(=O)[nH]c(C3=C(N)N(C4CCC4)CC3=O)nc2c1. The molecular weight excluding hydrogens is 340 g/mol. The van der Waals surface area contributed by atoms with Crippen molar-refractivity contribution in [2.24, 2.45) is 5.73 Å². The van der Waals surface area contributed by atoms with Crippen molar-refractivity contribution in [3.05, 3.63) is 40.2 Å². The zero-order valence-electron chi connectivity index (χ0n) is 13.7. The van der Waals surface area contributed by atoms with E-state index in [1.54, 1.807) is 24.5 Å². The molecule has 0 spiro atoms. The first kappa shape index (κ1) is 16.2. The highest BCUT2D eigenvalue weighted by atomic mass is 32.2. The normalized spacial score (nSPS) is 19.6. The number of aromatic nitrogens is 2. The van der Waals surface area contributed by atoms with Crippen LogP contribution >= 0.6 is 0 Å². The van der Waals surface area contributed by atoms with Crippen LogP contribution in [0.4, 0.5) is 0 Å². The van der Waals surface area contributed by atoms with Crippen LogP contribution in [0.25, 0.3) is 16.5 Å². The van der Waals surface area contributed by atoms with Gasteiger partial charge in [-0.25, -0.2) is 4.98 Å². The van der Waals surface area contributed by atoms with Crippen LogP contribution in [-0.2, 0) is 16.0 Å². The van der Waals surface area contributed by atoms with Gasteiger partial charge in [0.15, 0.2) is 10.7 Å². The second-order valence-corrected chi connectivity index (χ2v) is 7.82. The molecule has 1 aromatic carbocycles. The number of carbonyl (C=O) groups is 1. The van der Waals surface area contributed by atoms with Gasteiger partial charge in [0.1, 0.15) is 23.5 Å². The lowest BCUT2D eigenvalue weighted by atomic mass is 9.92. The van der Waals surface area contributed by atoms with Gasteiger partial charge in [-0.3, -0.25) is 9.59 Å². The van der Waals surface area contributed by atoms with Crippen LogP contribution in [-0.4, -0.2) is 44.0 Å². The van der Waals surface area contributed by atoms with Crippen molar-refractivity contribution in [3.63, 3.8) is 0 Å². The minimum Gasteiger partial charge on any atom is -0.612 e. The predicted octanol–water partition coefficient (Wildman–Crippen LogP) is 0.725. The van der Waals surface area contributed by atoms with Gasteiger partial charge in [-0.2, -0.15) is 0 Å². The van der Waals surface area contributed by atoms with Crippen molar-refractivity contribution in [3.8, 4) is 0 Å². The van der Waals surface area contributed by atoms with Crippen LogP contribution in [0.3, 0.4) is 0 Å². The van der Waals surface area contributed by atoms with Gasteiger partial charge in [-0.05, 0) is 42.6 Å². The number of ketones is 1. The largest absolute Gasteiger partial charge is 0.612 e. The average Bonchev–Trinajstić information content (AvgIpc) is 2.79. The number of benzene rings is 1. The van der Waals surface area contributed by atoms with E-state index in [-0.39, 0.29) is 29.3 Å². The summed E-state index contributed by atoms with van der Waals surface area (Å²) in [5.74, 6) is 0.426. The fourth-order valence-corrected chi connectivity index (χ4v) is 3.84. The van der Waals surface area contributed by atoms with E-state index in [1.807, 2.05) is 4.90 Å². The van der Waals surface area contributed by atoms with Gasteiger partial charge in [0.05, 0.1) is 17.4 Å². The summed E-state index contributed by atoms with van der Waals surface area (Å²) in [6.45, 7) is 0.229. The molecule has 1 atom stereocenters. The number of hydrogen-bond donors (Lipinski definition) is 2. The fourth-order valence-electron chi connectivity index (χ4n) is 3.30. The van der Waals surface area contributed by atoms with Crippen LogP contribution in [0.5, 0.6) is 0 Å². The number of rotatable bonds is 3. The Morgan fingerprint density at radius 3 is 2.76 bits per heavy atom. The quantitative estimate of drug-likeness (QED) is 0.782. The molecule has 8 heteroatoms. The second kappa shape index (κ2) is 5.89. The maximum atomic E-state index is 12.5. The summed E-state index contributed by atoms with van der Waals surface area (Å²) >= 11 is -1.18. The van der Waals surface area contributed by atoms with Gasteiger partial charge in [-0.1, -0.05) is 0 Å². The zero-order chi connectivity index (χ0) is 17.7. The third-order valence-electron chi connectivity index (χ3n) is 4.92. The number of Topliss-reactive ketones (excluding diaryl/α,β-unsaturated/α-hetero) is 1. The van der Waals surface area contributed by atoms with E-state index in [0.29, 0.717) is 27.7 Å². The number of aromatic amines is 1. The Morgan fingerprint density at radius 1 is 1.36 bits per heavy atom. The van der Waals surface area contributed by atoms with E-state index in [9.17, 15) is 14.1 Å². The van der Waals surface area contributed by atoms with Crippen LogP contribution < -0.4 is 11.3 Å². The minimum atomic E-state index is -1.18. The summed E-state index contributed by atoms with van der Waals surface area (Å²) in [6.07, 6.45) is 4.75. The number of hydrogen-bond acceptors (Lipinski definition) is 6. The van der Waals surface area contributed by atoms with Gasteiger partial charge in [0.2, 0.25) is 0 Å². The minimum absolute atomic E-state index is 0.137. The summed E-state index contributed by atoms with van der Waals surface area (Å²) in [6, 6.07) is 5.14. The van der Waals surface area contributed by atoms with E-state index in [2.05, 4.69) is 9.97 Å². The van der Waals surface area contributed by atoms with Gasteiger partial charge in [0, 0.05) is 12.1 Å². The first-order valence-corrected chi connectivity index (χ1v) is 9.69. The third-order valence-corrected chi connectivity index (χ3v) is 5.84. The second-order valence-electron chi connectivity index (χ2n) is 6.44. The molecule has 0 bridgehead atoms. The molecule has 1 saturated carbocycles. The van der Waals surface area contributed by atoms with Crippen molar-refractivity contribution in [1.82, 2.24) is 14.9 Å². The van der Waals surface area contributed by atoms with Crippen molar-refractivity contribution >= 4 is 33.4 Å². The van der Waals surface area contributed by atoms with E-state index in [4.69, 9.17) is 5.73 Å². The van der Waals surface area contributed by atoms with Gasteiger partial charge >= 0.3 is 0 Å². The van der Waals surface area contributed by atoms with Gasteiger partial charge in [-0.15, -0.1) is 0 Å². The van der Waals surface area contributed by atoms with Gasteiger partial charge < -0.3 is 20.2 Å². The highest BCUT2D eigenvalue weighted by Crippen LogP contribution is 2.33. The molecule has 25 heavy (non-hydrogen) atoms. The smallest absolute Gasteiger partial charge is 0.259 e. The summed E-state index contributed by atoms with van der Waals surface area (Å²) in [7, 11) is 0. The first-order chi connectivity index (χ1) is 12.0. The number of nitrogens with one attached hydrogen (secondary N) is 1. The highest BCUT2D eigenvalue weighted by molar-refractivity contribution is 7.90. The van der Waals surface area contributed by atoms with Crippen LogP contribution in [0.2, 0.25) is 0 Å². The molecule has 4 rings (SSSR count). The van der Waals surface area contributed by atoms with E-state index >= 15 is 0 Å². The topological polar surface area (TPSA) is 115 Å². The molecule has 130 valence electrons. The molecule has 2 heterocycles. The van der Waals surface area contributed by atoms with E-state index in [1.165, 1.54) is 0 Å². The van der Waals surface area contributed by atoms with Crippen molar-refractivity contribution in [2.75, 3.05) is 12.8 Å². The standard InChI is InChI=1S/C17H18N4O3S/c1-25(24)10-5-6-11-12(7-10)19-16(20-17(11)23)14-13(22)8-21(15(14)18)9-3-2-4-9/h5-7,9H,2-4,8,18H2,1H3,(H,19,20,23). The molecule has 1 aromatic heterocycles. The lowest BCUT2D eigenvalue weighted by Gasteiger charge is -2.36. The molecule has 1 fully saturated rings. The summed E-state index contributed by atoms with van der Waals surface area (Å²) in [5, 5.41) is 0.387. The summed E-state index contributed by atoms with van der Waals surface area (Å²) < 4.78 is 11.7. The molecule has 2 aromatic rings. The van der Waals surface area contributed by atoms with Crippen LogP contribution in [0.15, 0.2) is 33.7 Å². The molecular formula is C17H18N4O3S. The maximum Gasteiger partial charge on any atom is 0.259 e. The maximum absolute atomic E-state index is 12.5. The Kier molecular flexibility index (Phi) is 3.81. The first-order valence-electron chi connectivity index (χ1n) is 8.13. The Balaban J connectivity index is 1.84. The Bertz CT molecular complexity index is 962. The molecule has 0 radical (unpaired) electrons. The number of carbonyl (C=O) groups excluding carboxylic acids is 1. The molecule has 0 saturated heterocycles. The molecule has 3 N–H and O–H groups in total. The van der Waals surface area contributed by atoms with Crippen molar-refractivity contribution < 1.29 is 9.35 Å². The molecule has 1 unspecified atom stereocenters.